The number of hydrogen-bond donors (Lipinski definition) is 1. The highest BCUT2D eigenvalue weighted by molar-refractivity contribution is 7.99. The van der Waals surface area contributed by atoms with Gasteiger partial charge in [-0.15, -0.1) is 12.4 Å². The lowest BCUT2D eigenvalue weighted by molar-refractivity contribution is -0.0294. The molecule has 1 N–H and O–H groups in total. The summed E-state index contributed by atoms with van der Waals surface area (Å²) in [4.78, 5) is 2.15. The van der Waals surface area contributed by atoms with Crippen LogP contribution < -0.4 is 4.74 Å². The number of aliphatic hydroxyl groups is 1. The maximum Gasteiger partial charge on any atom is 0.119 e. The van der Waals surface area contributed by atoms with E-state index in [1.165, 1.54) is 0 Å². The highest BCUT2D eigenvalue weighted by Crippen LogP contribution is 2.41. The summed E-state index contributed by atoms with van der Waals surface area (Å²) in [6.07, 6.45) is 0.809. The van der Waals surface area contributed by atoms with Crippen molar-refractivity contribution >= 4 is 24.2 Å². The predicted molar refractivity (Wildman–Crippen MR) is 88.1 cm³/mol. The fraction of sp³-hybridized carbons (Fsp3) is 0.600. The van der Waals surface area contributed by atoms with Crippen molar-refractivity contribution < 1.29 is 9.84 Å². The molecule has 1 fully saturated rings. The van der Waals surface area contributed by atoms with E-state index in [4.69, 9.17) is 4.74 Å². The molecule has 1 aliphatic rings. The van der Waals surface area contributed by atoms with Gasteiger partial charge in [0.1, 0.15) is 5.75 Å². The summed E-state index contributed by atoms with van der Waals surface area (Å²) in [6, 6.07) is 7.87. The molecule has 2 unspecified atom stereocenters. The number of methoxy groups -OCH3 is 1. The van der Waals surface area contributed by atoms with Gasteiger partial charge in [-0.3, -0.25) is 0 Å². The molecular formula is C15H24ClNO2S. The Morgan fingerprint density at radius 3 is 2.85 bits per heavy atom. The van der Waals surface area contributed by atoms with Gasteiger partial charge in [0.15, 0.2) is 0 Å². The molecule has 3 nitrogen and oxygen atoms in total. The minimum atomic E-state index is -0.732. The lowest BCUT2D eigenvalue weighted by atomic mass is 9.79. The van der Waals surface area contributed by atoms with Crippen LogP contribution in [0.4, 0.5) is 0 Å². The summed E-state index contributed by atoms with van der Waals surface area (Å²) < 4.78 is 5.28. The quantitative estimate of drug-likeness (QED) is 0.925. The van der Waals surface area contributed by atoms with Crippen molar-refractivity contribution in [1.82, 2.24) is 4.90 Å². The zero-order valence-electron chi connectivity index (χ0n) is 12.3. The Morgan fingerprint density at radius 1 is 1.45 bits per heavy atom. The monoisotopic (exact) mass is 317 g/mol. The zero-order valence-corrected chi connectivity index (χ0v) is 14.0. The van der Waals surface area contributed by atoms with Gasteiger partial charge >= 0.3 is 0 Å². The van der Waals surface area contributed by atoms with Crippen LogP contribution >= 0.6 is 24.2 Å². The molecule has 0 spiro atoms. The van der Waals surface area contributed by atoms with Crippen LogP contribution in [0.3, 0.4) is 0 Å². The van der Waals surface area contributed by atoms with E-state index in [-0.39, 0.29) is 18.3 Å². The topological polar surface area (TPSA) is 32.7 Å². The van der Waals surface area contributed by atoms with Crippen molar-refractivity contribution in [3.8, 4) is 5.75 Å². The predicted octanol–water partition coefficient (Wildman–Crippen LogP) is 2.62. The van der Waals surface area contributed by atoms with Gasteiger partial charge in [0, 0.05) is 18.2 Å². The SMILES string of the molecule is COc1cccc(C2(O)CCSCC2CN(C)C)c1.Cl. The number of benzene rings is 1. The van der Waals surface area contributed by atoms with Crippen LogP contribution in [0.2, 0.25) is 0 Å². The van der Waals surface area contributed by atoms with E-state index in [0.717, 1.165) is 35.8 Å². The van der Waals surface area contributed by atoms with Crippen LogP contribution in [-0.2, 0) is 5.60 Å². The molecule has 0 radical (unpaired) electrons. The van der Waals surface area contributed by atoms with Gasteiger partial charge in [0.2, 0.25) is 0 Å². The second kappa shape index (κ2) is 7.55. The number of halogens is 1. The van der Waals surface area contributed by atoms with Gasteiger partial charge in [-0.1, -0.05) is 12.1 Å². The summed E-state index contributed by atoms with van der Waals surface area (Å²) in [5.74, 6) is 3.09. The van der Waals surface area contributed by atoms with E-state index in [9.17, 15) is 5.11 Å². The molecule has 0 amide bonds. The molecule has 0 saturated carbocycles. The van der Waals surface area contributed by atoms with E-state index in [1.54, 1.807) is 7.11 Å². The molecule has 1 aliphatic heterocycles. The van der Waals surface area contributed by atoms with E-state index in [0.29, 0.717) is 0 Å². The summed E-state index contributed by atoms with van der Waals surface area (Å²) in [5.41, 5.74) is 0.253. The van der Waals surface area contributed by atoms with Crippen LogP contribution in [0.15, 0.2) is 24.3 Å². The van der Waals surface area contributed by atoms with E-state index >= 15 is 0 Å². The number of nitrogens with zero attached hydrogens (tertiary/aromatic N) is 1. The van der Waals surface area contributed by atoms with E-state index in [1.807, 2.05) is 36.0 Å². The molecule has 114 valence electrons. The minimum Gasteiger partial charge on any atom is -0.497 e. The van der Waals surface area contributed by atoms with Crippen LogP contribution in [-0.4, -0.2) is 49.3 Å². The van der Waals surface area contributed by atoms with Crippen molar-refractivity contribution in [3.05, 3.63) is 29.8 Å². The Kier molecular flexibility index (Phi) is 6.65. The minimum absolute atomic E-state index is 0. The van der Waals surface area contributed by atoms with Crippen molar-refractivity contribution in [1.29, 1.82) is 0 Å². The summed E-state index contributed by atoms with van der Waals surface area (Å²) in [5, 5.41) is 11.2. The molecule has 5 heteroatoms. The summed E-state index contributed by atoms with van der Waals surface area (Å²) >= 11 is 1.93. The largest absolute Gasteiger partial charge is 0.497 e. The average Bonchev–Trinajstić information content (AvgIpc) is 2.41. The van der Waals surface area contributed by atoms with Crippen molar-refractivity contribution in [2.24, 2.45) is 5.92 Å². The Morgan fingerprint density at radius 2 is 2.20 bits per heavy atom. The second-order valence-electron chi connectivity index (χ2n) is 5.44. The second-order valence-corrected chi connectivity index (χ2v) is 6.59. The van der Waals surface area contributed by atoms with E-state index in [2.05, 4.69) is 19.0 Å². The Balaban J connectivity index is 0.00000200. The molecule has 0 aliphatic carbocycles. The lowest BCUT2D eigenvalue weighted by Gasteiger charge is -2.41. The van der Waals surface area contributed by atoms with Crippen molar-refractivity contribution in [3.63, 3.8) is 0 Å². The smallest absolute Gasteiger partial charge is 0.119 e. The van der Waals surface area contributed by atoms with Gasteiger partial charge in [-0.25, -0.2) is 0 Å². The van der Waals surface area contributed by atoms with Gasteiger partial charge in [-0.05, 0) is 44.0 Å². The average molecular weight is 318 g/mol. The molecule has 1 saturated heterocycles. The fourth-order valence-corrected chi connectivity index (χ4v) is 4.00. The summed E-state index contributed by atoms with van der Waals surface area (Å²) in [6.45, 7) is 0.903. The standard InChI is InChI=1S/C15H23NO2S.ClH/c1-16(2)10-13-11-19-8-7-15(13,17)12-5-4-6-14(9-12)18-3;/h4-6,9,13,17H,7-8,10-11H2,1-3H3;1H. The first-order chi connectivity index (χ1) is 9.06. The third kappa shape index (κ3) is 3.82. The molecule has 0 bridgehead atoms. The van der Waals surface area contributed by atoms with Crippen LogP contribution in [0.25, 0.3) is 0 Å². The van der Waals surface area contributed by atoms with Gasteiger partial charge < -0.3 is 14.7 Å². The number of rotatable bonds is 4. The molecule has 0 aromatic heterocycles. The first-order valence-corrected chi connectivity index (χ1v) is 7.81. The molecular weight excluding hydrogens is 294 g/mol. The van der Waals surface area contributed by atoms with Gasteiger partial charge in [0.25, 0.3) is 0 Å². The maximum absolute atomic E-state index is 11.2. The number of ether oxygens (including phenoxy) is 1. The van der Waals surface area contributed by atoms with E-state index < -0.39 is 5.60 Å². The normalized spacial score (nSPS) is 26.1. The van der Waals surface area contributed by atoms with Crippen LogP contribution in [0, 0.1) is 5.92 Å². The Bertz CT molecular complexity index is 430. The van der Waals surface area contributed by atoms with Crippen LogP contribution in [0.5, 0.6) is 5.75 Å². The van der Waals surface area contributed by atoms with Crippen molar-refractivity contribution in [2.75, 3.05) is 39.3 Å². The third-order valence-electron chi connectivity index (χ3n) is 3.78. The molecule has 1 heterocycles. The molecule has 1 aromatic carbocycles. The third-order valence-corrected chi connectivity index (χ3v) is 4.91. The van der Waals surface area contributed by atoms with Crippen LogP contribution in [0.1, 0.15) is 12.0 Å². The molecule has 20 heavy (non-hydrogen) atoms. The fourth-order valence-electron chi connectivity index (χ4n) is 2.71. The number of thioether (sulfide) groups is 1. The van der Waals surface area contributed by atoms with Gasteiger partial charge in [-0.2, -0.15) is 11.8 Å². The van der Waals surface area contributed by atoms with Gasteiger partial charge in [0.05, 0.1) is 12.7 Å². The number of hydrogen-bond acceptors (Lipinski definition) is 4. The van der Waals surface area contributed by atoms with Crippen molar-refractivity contribution in [2.45, 2.75) is 12.0 Å². The molecule has 1 aromatic rings. The highest BCUT2D eigenvalue weighted by atomic mass is 35.5. The molecule has 2 atom stereocenters. The Hall–Kier alpha value is -0.420. The molecule has 2 rings (SSSR count). The zero-order chi connectivity index (χ0) is 13.9. The maximum atomic E-state index is 11.2. The first-order valence-electron chi connectivity index (χ1n) is 6.65. The lowest BCUT2D eigenvalue weighted by Crippen LogP contribution is -2.45. The Labute approximate surface area is 132 Å². The summed E-state index contributed by atoms with van der Waals surface area (Å²) in [7, 11) is 5.79. The highest BCUT2D eigenvalue weighted by Gasteiger charge is 2.41. The first kappa shape index (κ1) is 17.6.